The number of aromatic nitrogens is 2. The van der Waals surface area contributed by atoms with E-state index in [9.17, 15) is 2.74 Å². The van der Waals surface area contributed by atoms with Crippen molar-refractivity contribution in [3.63, 3.8) is 0 Å². The van der Waals surface area contributed by atoms with Gasteiger partial charge in [-0.15, -0.1) is 35.2 Å². The van der Waals surface area contributed by atoms with Crippen LogP contribution in [0, 0.1) is 60.6 Å². The third-order valence-electron chi connectivity index (χ3n) is 16.4. The quantitative estimate of drug-likeness (QED) is 0.165. The van der Waals surface area contributed by atoms with Crippen molar-refractivity contribution in [1.82, 2.24) is 9.55 Å². The molecule has 2 aliphatic heterocycles. The van der Waals surface area contributed by atoms with Gasteiger partial charge in [0.1, 0.15) is 17.3 Å². The molecule has 0 saturated carbocycles. The normalized spacial score (nSPS) is 20.2. The van der Waals surface area contributed by atoms with Crippen molar-refractivity contribution >= 4 is 44.8 Å². The molecule has 2 atom stereocenters. The predicted octanol–water partition coefficient (Wildman–Crippen LogP) is 16.7. The second kappa shape index (κ2) is 16.6. The Bertz CT molecular complexity index is 3710. The SMILES string of the molecule is [2H]C1([2H])C[C@@]2(C)N=C(c3[c-]c(N4c5[c-]c6c(cc5C(C)(C)c5cc(C)ccc54)c4cc(C)ccc4n6-c4cc(C(C)(C)C)ccn4)cc(-c4c(C)cc(C)cc4C)c3)O[C@@]2(C)c2cc(C)c(C(C)(C)C)c(C)c21.[Pt+2]. The first-order chi connectivity index (χ1) is 34.0. The predicted molar refractivity (Wildman–Crippen MR) is 297 cm³/mol. The standard InChI is InChI=1S/C66H70N4O.Pt/c1-37-18-20-54-49(28-37)50-35-53-57(36-56(50)70(54)58-34-46(23-25-67-58)62(8,9)10)69(55-21-19-38(2)29-52(55)64(53,14)15)47-32-44(59-40(4)26-39(3)27-41(59)5)31-45(33-47)61-68-65(16)24-22-48-43(7)60(63(11,12)13)42(6)30-51(48)66(65,17)71-61;/h18-21,23,25-32,34-35H,22,24H2,1-17H3;/q-2;+2/t65-,66+;/m1./s1/i22D2;. The van der Waals surface area contributed by atoms with Crippen molar-refractivity contribution < 1.29 is 28.5 Å². The number of aryl methyl sites for hydroxylation is 6. The molecule has 0 spiro atoms. The summed E-state index contributed by atoms with van der Waals surface area (Å²) in [5.74, 6) is 1.33. The molecule has 0 unspecified atom stereocenters. The van der Waals surface area contributed by atoms with Crippen LogP contribution in [0.2, 0.25) is 0 Å². The molecular weight excluding hydrogens is 1060 g/mol. The van der Waals surface area contributed by atoms with E-state index >= 15 is 0 Å². The summed E-state index contributed by atoms with van der Waals surface area (Å²) in [5, 5.41) is 2.30. The molecule has 0 bridgehead atoms. The van der Waals surface area contributed by atoms with Gasteiger partial charge in [0.15, 0.2) is 0 Å². The van der Waals surface area contributed by atoms with Crippen LogP contribution in [0.15, 0.2) is 96.1 Å². The van der Waals surface area contributed by atoms with Gasteiger partial charge in [-0.1, -0.05) is 137 Å². The van der Waals surface area contributed by atoms with Crippen LogP contribution in [0.4, 0.5) is 17.1 Å². The van der Waals surface area contributed by atoms with E-state index < -0.39 is 22.9 Å². The molecule has 4 heterocycles. The summed E-state index contributed by atoms with van der Waals surface area (Å²) >= 11 is 0. The molecule has 1 aliphatic carbocycles. The number of hydrogen-bond acceptors (Lipinski definition) is 4. The Balaban J connectivity index is 0.00000626. The minimum absolute atomic E-state index is 0. The fourth-order valence-corrected chi connectivity index (χ4v) is 12.7. The first kappa shape index (κ1) is 47.2. The van der Waals surface area contributed by atoms with Gasteiger partial charge in [-0.25, -0.2) is 4.98 Å². The maximum Gasteiger partial charge on any atom is 2.00 e. The number of hydrogen-bond donors (Lipinski definition) is 0. The first-order valence-electron chi connectivity index (χ1n) is 26.5. The van der Waals surface area contributed by atoms with Crippen molar-refractivity contribution in [3.05, 3.63) is 181 Å². The molecule has 0 N–H and O–H groups in total. The number of pyridine rings is 1. The molecule has 3 aliphatic rings. The maximum absolute atomic E-state index is 9.75. The molecule has 0 saturated heterocycles. The van der Waals surface area contributed by atoms with Gasteiger partial charge >= 0.3 is 21.1 Å². The number of benzene rings is 6. The van der Waals surface area contributed by atoms with E-state index in [1.807, 2.05) is 6.20 Å². The number of aliphatic imine (C=N–C) groups is 1. The number of rotatable bonds is 4. The molecule has 0 fully saturated rings. The Kier molecular flexibility index (Phi) is 10.9. The van der Waals surface area contributed by atoms with Crippen molar-refractivity contribution in [3.8, 4) is 16.9 Å². The molecular formula is C66H70N4OPt. The van der Waals surface area contributed by atoms with Crippen LogP contribution in [-0.2, 0) is 54.0 Å². The van der Waals surface area contributed by atoms with Crippen LogP contribution in [0.5, 0.6) is 0 Å². The van der Waals surface area contributed by atoms with Crippen LogP contribution in [0.25, 0.3) is 38.8 Å². The summed E-state index contributed by atoms with van der Waals surface area (Å²) in [5.41, 5.74) is 19.8. The van der Waals surface area contributed by atoms with Gasteiger partial charge in [0, 0.05) is 25.7 Å². The molecule has 2 aromatic heterocycles. The zero-order chi connectivity index (χ0) is 52.4. The van der Waals surface area contributed by atoms with E-state index in [4.69, 9.17) is 14.7 Å². The summed E-state index contributed by atoms with van der Waals surface area (Å²) in [6, 6.07) is 39.6. The molecule has 6 aromatic carbocycles. The van der Waals surface area contributed by atoms with Crippen molar-refractivity contribution in [2.24, 2.45) is 4.99 Å². The van der Waals surface area contributed by atoms with Crippen LogP contribution < -0.4 is 4.90 Å². The van der Waals surface area contributed by atoms with Gasteiger partial charge in [0.2, 0.25) is 0 Å². The molecule has 11 rings (SSSR count). The molecule has 370 valence electrons. The van der Waals surface area contributed by atoms with E-state index in [0.717, 1.165) is 83.8 Å². The Hall–Kier alpha value is -5.77. The molecule has 8 aromatic rings. The smallest absolute Gasteiger partial charge is 0.508 e. The van der Waals surface area contributed by atoms with Crippen molar-refractivity contribution in [1.29, 1.82) is 0 Å². The second-order valence-corrected chi connectivity index (χ2v) is 24.3. The molecule has 72 heavy (non-hydrogen) atoms. The van der Waals surface area contributed by atoms with Gasteiger partial charge in [0.05, 0.1) is 5.54 Å². The number of fused-ring (bicyclic) bond motifs is 8. The average molecular weight is 1130 g/mol. The number of ether oxygens (including phenoxy) is 1. The Labute approximate surface area is 446 Å². The topological polar surface area (TPSA) is 42.7 Å². The summed E-state index contributed by atoms with van der Waals surface area (Å²) < 4.78 is 29.2. The van der Waals surface area contributed by atoms with Gasteiger partial charge in [-0.3, -0.25) is 4.99 Å². The first-order valence-corrected chi connectivity index (χ1v) is 25.5. The minimum atomic E-state index is -1.64. The second-order valence-electron chi connectivity index (χ2n) is 24.3. The summed E-state index contributed by atoms with van der Waals surface area (Å²) in [6.45, 7) is 37.5. The van der Waals surface area contributed by atoms with Crippen molar-refractivity contribution in [2.75, 3.05) is 4.90 Å². The third-order valence-corrected chi connectivity index (χ3v) is 16.4. The average Bonchev–Trinajstić information content (AvgIpc) is 3.74. The largest absolute Gasteiger partial charge is 2.00 e. The van der Waals surface area contributed by atoms with Gasteiger partial charge in [-0.2, -0.15) is 6.07 Å². The van der Waals surface area contributed by atoms with Crippen LogP contribution >= 0.6 is 0 Å². The molecule has 0 amide bonds. The fourth-order valence-electron chi connectivity index (χ4n) is 12.7. The zero-order valence-corrected chi connectivity index (χ0v) is 47.7. The van der Waals surface area contributed by atoms with Gasteiger partial charge < -0.3 is 14.2 Å². The number of anilines is 3. The molecule has 0 radical (unpaired) electrons. The van der Waals surface area contributed by atoms with Crippen molar-refractivity contribution in [2.45, 2.75) is 158 Å². The third kappa shape index (κ3) is 7.48. The van der Waals surface area contributed by atoms with Crippen LogP contribution in [-0.4, -0.2) is 21.0 Å². The van der Waals surface area contributed by atoms with Crippen LogP contribution in [0.1, 0.15) is 156 Å². The number of nitrogens with zero attached hydrogens (tertiary/aromatic N) is 4. The Morgan fingerprint density at radius 1 is 0.681 bits per heavy atom. The van der Waals surface area contributed by atoms with Crippen LogP contribution in [0.3, 0.4) is 0 Å². The zero-order valence-electron chi connectivity index (χ0n) is 47.4. The fraction of sp³-hybridized carbons (Fsp3) is 0.364. The minimum Gasteiger partial charge on any atom is -0.508 e. The maximum atomic E-state index is 9.75. The monoisotopic (exact) mass is 1130 g/mol. The summed E-state index contributed by atoms with van der Waals surface area (Å²) in [6.07, 6.45) is 0.471. The molecule has 5 nitrogen and oxygen atoms in total. The van der Waals surface area contributed by atoms with E-state index in [1.54, 1.807) is 0 Å². The van der Waals surface area contributed by atoms with E-state index in [0.29, 0.717) is 5.90 Å². The van der Waals surface area contributed by atoms with Gasteiger partial charge in [-0.05, 0) is 177 Å². The van der Waals surface area contributed by atoms with Gasteiger partial charge in [0.25, 0.3) is 0 Å². The summed E-state index contributed by atoms with van der Waals surface area (Å²) in [4.78, 5) is 13.0. The Morgan fingerprint density at radius 2 is 1.38 bits per heavy atom. The van der Waals surface area contributed by atoms with E-state index in [2.05, 4.69) is 224 Å². The van der Waals surface area contributed by atoms with E-state index in [1.165, 1.54) is 49.9 Å². The molecule has 6 heteroatoms. The Morgan fingerprint density at radius 3 is 2.07 bits per heavy atom. The summed E-state index contributed by atoms with van der Waals surface area (Å²) in [7, 11) is 0. The van der Waals surface area contributed by atoms with E-state index in [-0.39, 0.29) is 38.3 Å².